The largest absolute Gasteiger partial charge is 0.507 e. The lowest BCUT2D eigenvalue weighted by Crippen LogP contribution is -2.42. The number of carbonyl (C=O) groups is 2. The highest BCUT2D eigenvalue weighted by atomic mass is 16.5. The molecule has 0 unspecified atom stereocenters. The Morgan fingerprint density at radius 2 is 2.00 bits per heavy atom. The van der Waals surface area contributed by atoms with Gasteiger partial charge in [-0.1, -0.05) is 12.1 Å². The summed E-state index contributed by atoms with van der Waals surface area (Å²) in [5.74, 6) is 0.307. The molecule has 2 aromatic rings. The van der Waals surface area contributed by atoms with Gasteiger partial charge in [0.05, 0.1) is 18.8 Å². The molecular formula is C17H17NO5. The molecule has 6 heteroatoms. The predicted molar refractivity (Wildman–Crippen MR) is 83.9 cm³/mol. The lowest BCUT2D eigenvalue weighted by Gasteiger charge is -2.26. The molecule has 0 radical (unpaired) electrons. The van der Waals surface area contributed by atoms with E-state index in [1.165, 1.54) is 6.07 Å². The Hall–Kier alpha value is -2.60. The molecule has 1 heterocycles. The number of phenolic OH excluding ortho intramolecular Hbond substituents is 1. The van der Waals surface area contributed by atoms with Crippen molar-refractivity contribution in [1.82, 2.24) is 4.90 Å². The molecule has 0 bridgehead atoms. The summed E-state index contributed by atoms with van der Waals surface area (Å²) in [6.07, 6.45) is 0.611. The van der Waals surface area contributed by atoms with Gasteiger partial charge in [-0.25, -0.2) is 0 Å². The highest BCUT2D eigenvalue weighted by molar-refractivity contribution is 6.01. The minimum absolute atomic E-state index is 0.0687. The van der Waals surface area contributed by atoms with E-state index in [9.17, 15) is 14.7 Å². The van der Waals surface area contributed by atoms with Crippen molar-refractivity contribution >= 4 is 23.0 Å². The van der Waals surface area contributed by atoms with Gasteiger partial charge in [0.2, 0.25) is 0 Å². The predicted octanol–water partition coefficient (Wildman–Crippen LogP) is 1.60. The molecule has 0 aliphatic carbocycles. The van der Waals surface area contributed by atoms with Gasteiger partial charge < -0.3 is 19.5 Å². The molecular weight excluding hydrogens is 298 g/mol. The number of morpholine rings is 1. The highest BCUT2D eigenvalue weighted by Crippen LogP contribution is 2.28. The highest BCUT2D eigenvalue weighted by Gasteiger charge is 2.17. The Morgan fingerprint density at radius 3 is 2.74 bits per heavy atom. The molecule has 0 spiro atoms. The molecule has 23 heavy (non-hydrogen) atoms. The van der Waals surface area contributed by atoms with Crippen molar-refractivity contribution < 1.29 is 24.2 Å². The van der Waals surface area contributed by atoms with E-state index in [1.807, 2.05) is 0 Å². The van der Waals surface area contributed by atoms with Crippen LogP contribution in [0, 0.1) is 0 Å². The average molecular weight is 315 g/mol. The molecule has 6 nitrogen and oxygen atoms in total. The van der Waals surface area contributed by atoms with Gasteiger partial charge in [0.25, 0.3) is 5.91 Å². The summed E-state index contributed by atoms with van der Waals surface area (Å²) >= 11 is 0. The van der Waals surface area contributed by atoms with E-state index in [2.05, 4.69) is 0 Å². The van der Waals surface area contributed by atoms with Crippen molar-refractivity contribution in [1.29, 1.82) is 0 Å². The maximum atomic E-state index is 12.1. The molecule has 0 saturated carbocycles. The minimum atomic E-state index is -0.0973. The van der Waals surface area contributed by atoms with Gasteiger partial charge in [0.15, 0.2) is 12.9 Å². The number of hydrogen-bond donors (Lipinski definition) is 1. The normalized spacial score (nSPS) is 14.7. The van der Waals surface area contributed by atoms with Crippen molar-refractivity contribution in [3.63, 3.8) is 0 Å². The second-order valence-corrected chi connectivity index (χ2v) is 5.28. The van der Waals surface area contributed by atoms with Crippen LogP contribution in [0.5, 0.6) is 11.5 Å². The fraction of sp³-hybridized carbons (Fsp3) is 0.294. The van der Waals surface area contributed by atoms with Crippen LogP contribution < -0.4 is 4.74 Å². The number of rotatable bonds is 4. The number of ether oxygens (including phenoxy) is 2. The summed E-state index contributed by atoms with van der Waals surface area (Å²) in [7, 11) is 0. The molecule has 2 aromatic carbocycles. The topological polar surface area (TPSA) is 76.1 Å². The molecule has 0 atom stereocenters. The molecule has 1 fully saturated rings. The molecule has 3 rings (SSSR count). The summed E-state index contributed by atoms with van der Waals surface area (Å²) in [5.41, 5.74) is 0.215. The van der Waals surface area contributed by atoms with Crippen LogP contribution in [0.3, 0.4) is 0 Å². The Morgan fingerprint density at radius 1 is 1.26 bits per heavy atom. The first kappa shape index (κ1) is 15.3. The summed E-state index contributed by atoms with van der Waals surface area (Å²) in [6.45, 7) is 2.17. The Balaban J connectivity index is 1.75. The van der Waals surface area contributed by atoms with Crippen molar-refractivity contribution in [2.45, 2.75) is 0 Å². The molecule has 1 aliphatic rings. The van der Waals surface area contributed by atoms with E-state index >= 15 is 0 Å². The van der Waals surface area contributed by atoms with Gasteiger partial charge >= 0.3 is 0 Å². The SMILES string of the molecule is O=Cc1c(O)ccc2ccc(OCC(=O)N3CCOCC3)cc12. The first-order chi connectivity index (χ1) is 11.2. The first-order valence-corrected chi connectivity index (χ1v) is 7.38. The molecule has 1 saturated heterocycles. The van der Waals surface area contributed by atoms with Gasteiger partial charge in [-0.15, -0.1) is 0 Å². The van der Waals surface area contributed by atoms with E-state index in [4.69, 9.17) is 9.47 Å². The van der Waals surface area contributed by atoms with Gasteiger partial charge in [0.1, 0.15) is 11.5 Å². The Labute approximate surface area is 133 Å². The van der Waals surface area contributed by atoms with Crippen LogP contribution in [0.2, 0.25) is 0 Å². The number of phenols is 1. The third-order valence-corrected chi connectivity index (χ3v) is 3.86. The number of benzene rings is 2. The van der Waals surface area contributed by atoms with Crippen LogP contribution in [-0.2, 0) is 9.53 Å². The van der Waals surface area contributed by atoms with Crippen molar-refractivity contribution in [3.8, 4) is 11.5 Å². The lowest BCUT2D eigenvalue weighted by molar-refractivity contribution is -0.137. The number of carbonyl (C=O) groups excluding carboxylic acids is 2. The number of hydrogen-bond acceptors (Lipinski definition) is 5. The van der Waals surface area contributed by atoms with Crippen LogP contribution >= 0.6 is 0 Å². The molecule has 1 amide bonds. The van der Waals surface area contributed by atoms with Crippen molar-refractivity contribution in [2.75, 3.05) is 32.9 Å². The van der Waals surface area contributed by atoms with E-state index in [0.717, 1.165) is 5.39 Å². The zero-order valence-corrected chi connectivity index (χ0v) is 12.5. The number of amides is 1. The van der Waals surface area contributed by atoms with E-state index in [0.29, 0.717) is 43.7 Å². The maximum Gasteiger partial charge on any atom is 0.260 e. The van der Waals surface area contributed by atoms with Gasteiger partial charge in [-0.2, -0.15) is 0 Å². The van der Waals surface area contributed by atoms with Crippen molar-refractivity contribution in [2.24, 2.45) is 0 Å². The average Bonchev–Trinajstić information content (AvgIpc) is 2.60. The first-order valence-electron chi connectivity index (χ1n) is 7.38. The van der Waals surface area contributed by atoms with Gasteiger partial charge in [-0.05, 0) is 29.0 Å². The third-order valence-electron chi connectivity index (χ3n) is 3.86. The summed E-state index contributed by atoms with van der Waals surface area (Å²) in [4.78, 5) is 24.9. The zero-order chi connectivity index (χ0) is 16.2. The number of nitrogens with zero attached hydrogens (tertiary/aromatic N) is 1. The zero-order valence-electron chi connectivity index (χ0n) is 12.5. The van der Waals surface area contributed by atoms with Crippen LogP contribution in [0.15, 0.2) is 30.3 Å². The molecule has 120 valence electrons. The number of aromatic hydroxyl groups is 1. The maximum absolute atomic E-state index is 12.1. The van der Waals surface area contributed by atoms with Crippen molar-refractivity contribution in [3.05, 3.63) is 35.9 Å². The summed E-state index contributed by atoms with van der Waals surface area (Å²) < 4.78 is 10.7. The fourth-order valence-corrected chi connectivity index (χ4v) is 2.57. The monoisotopic (exact) mass is 315 g/mol. The van der Waals surface area contributed by atoms with Crippen LogP contribution in [0.1, 0.15) is 10.4 Å². The second-order valence-electron chi connectivity index (χ2n) is 5.28. The quantitative estimate of drug-likeness (QED) is 0.867. The number of fused-ring (bicyclic) bond motifs is 1. The van der Waals surface area contributed by atoms with E-state index in [-0.39, 0.29) is 23.8 Å². The van der Waals surface area contributed by atoms with Crippen LogP contribution in [0.4, 0.5) is 0 Å². The smallest absolute Gasteiger partial charge is 0.260 e. The Kier molecular flexibility index (Phi) is 4.43. The lowest BCUT2D eigenvalue weighted by atomic mass is 10.0. The van der Waals surface area contributed by atoms with E-state index < -0.39 is 0 Å². The van der Waals surface area contributed by atoms with Crippen LogP contribution in [-0.4, -0.2) is 55.1 Å². The van der Waals surface area contributed by atoms with Crippen LogP contribution in [0.25, 0.3) is 10.8 Å². The minimum Gasteiger partial charge on any atom is -0.507 e. The second kappa shape index (κ2) is 6.66. The van der Waals surface area contributed by atoms with E-state index in [1.54, 1.807) is 29.2 Å². The number of aldehydes is 1. The fourth-order valence-electron chi connectivity index (χ4n) is 2.57. The summed E-state index contributed by atoms with van der Waals surface area (Å²) in [5, 5.41) is 11.2. The standard InChI is InChI=1S/C17H17NO5/c19-10-15-14-9-13(3-1-12(14)2-4-16(15)20)23-11-17(21)18-5-7-22-8-6-18/h1-4,9-10,20H,5-8,11H2. The molecule has 1 aliphatic heterocycles. The molecule has 1 N–H and O–H groups in total. The Bertz CT molecular complexity index is 737. The molecule has 0 aromatic heterocycles. The van der Waals surface area contributed by atoms with Gasteiger partial charge in [0, 0.05) is 13.1 Å². The third kappa shape index (κ3) is 3.27. The van der Waals surface area contributed by atoms with Gasteiger partial charge in [-0.3, -0.25) is 9.59 Å². The summed E-state index contributed by atoms with van der Waals surface area (Å²) in [6, 6.07) is 8.39.